The molecule has 2 aromatic heterocycles. The van der Waals surface area contributed by atoms with Crippen molar-refractivity contribution >= 4 is 0 Å². The summed E-state index contributed by atoms with van der Waals surface area (Å²) in [5.41, 5.74) is 0.857. The van der Waals surface area contributed by atoms with E-state index in [9.17, 15) is 0 Å². The Labute approximate surface area is 112 Å². The van der Waals surface area contributed by atoms with Crippen LogP contribution in [-0.2, 0) is 5.54 Å². The highest BCUT2D eigenvalue weighted by molar-refractivity contribution is 5.52. The van der Waals surface area contributed by atoms with Crippen LogP contribution >= 0.6 is 0 Å². The molecule has 0 bridgehead atoms. The number of pyridine rings is 1. The minimum atomic E-state index is -0.0850. The zero-order valence-electron chi connectivity index (χ0n) is 11.3. The van der Waals surface area contributed by atoms with Crippen LogP contribution in [0.2, 0.25) is 0 Å². The molecule has 0 aromatic carbocycles. The lowest BCUT2D eigenvalue weighted by Crippen LogP contribution is -2.39. The molecule has 0 N–H and O–H groups in total. The van der Waals surface area contributed by atoms with Crippen molar-refractivity contribution in [1.29, 1.82) is 0 Å². The molecule has 2 heterocycles. The van der Waals surface area contributed by atoms with Crippen molar-refractivity contribution < 1.29 is 4.52 Å². The van der Waals surface area contributed by atoms with E-state index in [1.54, 1.807) is 12.4 Å². The number of hydrogen-bond donors (Lipinski definition) is 0. The Morgan fingerprint density at radius 2 is 1.84 bits per heavy atom. The molecule has 2 aromatic rings. The van der Waals surface area contributed by atoms with Crippen LogP contribution in [0.4, 0.5) is 0 Å². The molecule has 3 rings (SSSR count). The molecule has 100 valence electrons. The Bertz CT molecular complexity index is 544. The van der Waals surface area contributed by atoms with Crippen LogP contribution in [0.3, 0.4) is 0 Å². The first-order chi connectivity index (χ1) is 9.22. The fourth-order valence-corrected chi connectivity index (χ4v) is 2.84. The molecule has 0 unspecified atom stereocenters. The van der Waals surface area contributed by atoms with Gasteiger partial charge in [0.2, 0.25) is 11.7 Å². The van der Waals surface area contributed by atoms with Gasteiger partial charge in [0.1, 0.15) is 5.54 Å². The summed E-state index contributed by atoms with van der Waals surface area (Å²) in [5, 5.41) is 4.12. The van der Waals surface area contributed by atoms with Crippen LogP contribution in [0, 0.1) is 0 Å². The predicted molar refractivity (Wildman–Crippen MR) is 71.4 cm³/mol. The summed E-state index contributed by atoms with van der Waals surface area (Å²) in [7, 11) is 4.17. The van der Waals surface area contributed by atoms with Gasteiger partial charge in [-0.2, -0.15) is 4.98 Å². The first kappa shape index (κ1) is 12.3. The molecule has 5 nitrogen and oxygen atoms in total. The third-order valence-electron chi connectivity index (χ3n) is 4.05. The maximum absolute atomic E-state index is 5.54. The van der Waals surface area contributed by atoms with Crippen molar-refractivity contribution in [1.82, 2.24) is 20.0 Å². The first-order valence-electron chi connectivity index (χ1n) is 6.64. The quantitative estimate of drug-likeness (QED) is 0.846. The van der Waals surface area contributed by atoms with Gasteiger partial charge >= 0.3 is 0 Å². The van der Waals surface area contributed by atoms with Gasteiger partial charge in [-0.1, -0.05) is 18.0 Å². The number of rotatable bonds is 3. The fourth-order valence-electron chi connectivity index (χ4n) is 2.84. The third kappa shape index (κ3) is 2.04. The molecule has 0 amide bonds. The van der Waals surface area contributed by atoms with Gasteiger partial charge in [-0.15, -0.1) is 0 Å². The van der Waals surface area contributed by atoms with E-state index in [0.717, 1.165) is 24.3 Å². The average Bonchev–Trinajstić information content (AvgIpc) is 3.09. The molecule has 1 aliphatic rings. The molecule has 19 heavy (non-hydrogen) atoms. The van der Waals surface area contributed by atoms with Gasteiger partial charge in [0.05, 0.1) is 0 Å². The molecule has 0 aliphatic heterocycles. The highest BCUT2D eigenvalue weighted by Crippen LogP contribution is 2.42. The Balaban J connectivity index is 1.97. The molecule has 0 saturated heterocycles. The SMILES string of the molecule is CN(C)C1(c2nc(-c3ccncc3)no2)CCCC1. The molecule has 1 saturated carbocycles. The summed E-state index contributed by atoms with van der Waals surface area (Å²) < 4.78 is 5.54. The summed E-state index contributed by atoms with van der Waals surface area (Å²) in [4.78, 5) is 10.8. The van der Waals surface area contributed by atoms with Gasteiger partial charge in [-0.05, 0) is 39.1 Å². The van der Waals surface area contributed by atoms with E-state index in [-0.39, 0.29) is 5.54 Å². The Morgan fingerprint density at radius 1 is 1.16 bits per heavy atom. The van der Waals surface area contributed by atoms with Crippen molar-refractivity contribution in [2.75, 3.05) is 14.1 Å². The average molecular weight is 258 g/mol. The molecule has 1 fully saturated rings. The lowest BCUT2D eigenvalue weighted by atomic mass is 9.96. The van der Waals surface area contributed by atoms with Crippen LogP contribution in [0.15, 0.2) is 29.0 Å². The standard InChI is InChI=1S/C14H18N4O/c1-18(2)14(7-3-4-8-14)13-16-12(17-19-13)11-5-9-15-10-6-11/h5-6,9-10H,3-4,7-8H2,1-2H3. The Morgan fingerprint density at radius 3 is 2.47 bits per heavy atom. The molecule has 0 atom stereocenters. The van der Waals surface area contributed by atoms with Crippen LogP contribution in [0.1, 0.15) is 31.6 Å². The van der Waals surface area contributed by atoms with E-state index in [4.69, 9.17) is 4.52 Å². The molecule has 1 aliphatic carbocycles. The van der Waals surface area contributed by atoms with Crippen molar-refractivity contribution in [3.8, 4) is 11.4 Å². The number of aromatic nitrogens is 3. The summed E-state index contributed by atoms with van der Waals surface area (Å²) in [6, 6.07) is 3.79. The zero-order chi connectivity index (χ0) is 13.3. The first-order valence-corrected chi connectivity index (χ1v) is 6.64. The highest BCUT2D eigenvalue weighted by Gasteiger charge is 2.42. The lowest BCUT2D eigenvalue weighted by molar-refractivity contribution is 0.111. The van der Waals surface area contributed by atoms with Gasteiger partial charge < -0.3 is 4.52 Å². The molecule has 0 spiro atoms. The topological polar surface area (TPSA) is 55.1 Å². The van der Waals surface area contributed by atoms with E-state index in [0.29, 0.717) is 5.82 Å². The monoisotopic (exact) mass is 258 g/mol. The van der Waals surface area contributed by atoms with E-state index >= 15 is 0 Å². The fraction of sp³-hybridized carbons (Fsp3) is 0.500. The summed E-state index contributed by atoms with van der Waals surface area (Å²) in [6.45, 7) is 0. The van der Waals surface area contributed by atoms with E-state index in [1.165, 1.54) is 12.8 Å². The highest BCUT2D eigenvalue weighted by atomic mass is 16.5. The minimum Gasteiger partial charge on any atom is -0.337 e. The van der Waals surface area contributed by atoms with Crippen LogP contribution in [0.5, 0.6) is 0 Å². The van der Waals surface area contributed by atoms with Crippen molar-refractivity contribution in [2.24, 2.45) is 0 Å². The largest absolute Gasteiger partial charge is 0.337 e. The van der Waals surface area contributed by atoms with E-state index in [1.807, 2.05) is 12.1 Å². The summed E-state index contributed by atoms with van der Waals surface area (Å²) in [6.07, 6.45) is 8.07. The zero-order valence-corrected chi connectivity index (χ0v) is 11.3. The normalized spacial score (nSPS) is 18.1. The van der Waals surface area contributed by atoms with E-state index < -0.39 is 0 Å². The van der Waals surface area contributed by atoms with Crippen molar-refractivity contribution in [3.63, 3.8) is 0 Å². The van der Waals surface area contributed by atoms with Crippen LogP contribution in [0.25, 0.3) is 11.4 Å². The predicted octanol–water partition coefficient (Wildman–Crippen LogP) is 2.46. The lowest BCUT2D eigenvalue weighted by Gasteiger charge is -2.32. The molecular formula is C14H18N4O. The van der Waals surface area contributed by atoms with Crippen molar-refractivity contribution in [3.05, 3.63) is 30.4 Å². The second-order valence-electron chi connectivity index (χ2n) is 5.29. The number of hydrogen-bond acceptors (Lipinski definition) is 5. The molecule has 5 heteroatoms. The second-order valence-corrected chi connectivity index (χ2v) is 5.29. The summed E-state index contributed by atoms with van der Waals surface area (Å²) >= 11 is 0. The molecule has 0 radical (unpaired) electrons. The maximum atomic E-state index is 5.54. The van der Waals surface area contributed by atoms with Crippen LogP contribution < -0.4 is 0 Å². The van der Waals surface area contributed by atoms with Crippen molar-refractivity contribution in [2.45, 2.75) is 31.2 Å². The van der Waals surface area contributed by atoms with Gasteiger partial charge in [-0.25, -0.2) is 0 Å². The van der Waals surface area contributed by atoms with Gasteiger partial charge in [0, 0.05) is 18.0 Å². The van der Waals surface area contributed by atoms with Gasteiger partial charge in [0.15, 0.2) is 0 Å². The number of nitrogens with zero attached hydrogens (tertiary/aromatic N) is 4. The Kier molecular flexibility index (Phi) is 3.06. The second kappa shape index (κ2) is 4.74. The third-order valence-corrected chi connectivity index (χ3v) is 4.05. The van der Waals surface area contributed by atoms with Crippen LogP contribution in [-0.4, -0.2) is 34.1 Å². The van der Waals surface area contributed by atoms with E-state index in [2.05, 4.69) is 34.1 Å². The smallest absolute Gasteiger partial charge is 0.247 e. The maximum Gasteiger partial charge on any atom is 0.247 e. The molecular weight excluding hydrogens is 240 g/mol. The Hall–Kier alpha value is -1.75. The summed E-state index contributed by atoms with van der Waals surface area (Å²) in [5.74, 6) is 1.38. The van der Waals surface area contributed by atoms with Gasteiger partial charge in [0.25, 0.3) is 0 Å². The minimum absolute atomic E-state index is 0.0850. The van der Waals surface area contributed by atoms with Gasteiger partial charge in [-0.3, -0.25) is 9.88 Å².